The molecule has 3 rings (SSSR count). The van der Waals surface area contributed by atoms with Crippen LogP contribution in [0.5, 0.6) is 0 Å². The van der Waals surface area contributed by atoms with Crippen molar-refractivity contribution < 1.29 is 4.79 Å². The Kier molecular flexibility index (Phi) is 5.48. The molecular formula is C18H24N4OS. The van der Waals surface area contributed by atoms with E-state index in [0.29, 0.717) is 6.04 Å². The molecule has 0 saturated carbocycles. The minimum absolute atomic E-state index is 0.0996. The summed E-state index contributed by atoms with van der Waals surface area (Å²) in [6, 6.07) is 8.63. The second-order valence-corrected chi connectivity index (χ2v) is 7.56. The molecule has 1 atom stereocenters. The topological polar surface area (TPSA) is 57.3 Å². The predicted molar refractivity (Wildman–Crippen MR) is 98.5 cm³/mol. The maximum Gasteiger partial charge on any atom is 0.320 e. The molecule has 1 fully saturated rings. The van der Waals surface area contributed by atoms with E-state index in [1.807, 2.05) is 31.5 Å². The van der Waals surface area contributed by atoms with E-state index in [4.69, 9.17) is 0 Å². The normalized spacial score (nSPS) is 17.4. The Balaban J connectivity index is 1.46. The number of thiophene rings is 1. The number of hydrogen-bond donors (Lipinski definition) is 2. The Hall–Kier alpha value is -1.92. The van der Waals surface area contributed by atoms with Gasteiger partial charge in [-0.3, -0.25) is 15.2 Å². The zero-order valence-electron chi connectivity index (χ0n) is 14.2. The molecule has 0 aliphatic carbocycles. The van der Waals surface area contributed by atoms with Gasteiger partial charge in [-0.1, -0.05) is 0 Å². The largest absolute Gasteiger partial charge is 0.335 e. The molecule has 0 bridgehead atoms. The first kappa shape index (κ1) is 16.9. The van der Waals surface area contributed by atoms with E-state index in [1.165, 1.54) is 10.4 Å². The fourth-order valence-electron chi connectivity index (χ4n) is 3.12. The molecule has 2 aromatic rings. The number of aryl methyl sites for hydroxylation is 1. The second-order valence-electron chi connectivity index (χ2n) is 6.28. The molecule has 1 aliphatic rings. The van der Waals surface area contributed by atoms with Crippen molar-refractivity contribution in [2.75, 3.05) is 18.4 Å². The van der Waals surface area contributed by atoms with Crippen LogP contribution in [0, 0.1) is 6.92 Å². The summed E-state index contributed by atoms with van der Waals surface area (Å²) < 4.78 is 0. The summed E-state index contributed by atoms with van der Waals surface area (Å²) in [5, 5.41) is 6.91. The Labute approximate surface area is 147 Å². The van der Waals surface area contributed by atoms with Crippen LogP contribution < -0.4 is 10.6 Å². The molecule has 2 aromatic heterocycles. The van der Waals surface area contributed by atoms with E-state index in [0.717, 1.165) is 30.9 Å². The van der Waals surface area contributed by atoms with Crippen molar-refractivity contribution in [3.05, 3.63) is 47.1 Å². The number of rotatable bonds is 4. The number of hydrogen-bond acceptors (Lipinski definition) is 4. The first-order valence-electron chi connectivity index (χ1n) is 8.40. The number of amides is 2. The van der Waals surface area contributed by atoms with Crippen LogP contribution in [0.2, 0.25) is 0 Å². The summed E-state index contributed by atoms with van der Waals surface area (Å²) >= 11 is 1.59. The van der Waals surface area contributed by atoms with Crippen molar-refractivity contribution >= 4 is 22.4 Å². The smallest absolute Gasteiger partial charge is 0.320 e. The van der Waals surface area contributed by atoms with E-state index < -0.39 is 0 Å². The van der Waals surface area contributed by atoms with Crippen molar-refractivity contribution in [1.29, 1.82) is 0 Å². The Bertz CT molecular complexity index is 665. The summed E-state index contributed by atoms with van der Waals surface area (Å²) in [7, 11) is 0. The number of aromatic nitrogens is 1. The molecule has 0 aromatic carbocycles. The number of carbonyl (C=O) groups is 1. The van der Waals surface area contributed by atoms with E-state index in [2.05, 4.69) is 39.6 Å². The molecule has 2 amide bonds. The monoisotopic (exact) mass is 344 g/mol. The van der Waals surface area contributed by atoms with Crippen molar-refractivity contribution in [2.45, 2.75) is 38.8 Å². The number of urea groups is 1. The maximum absolute atomic E-state index is 12.1. The molecule has 6 heteroatoms. The van der Waals surface area contributed by atoms with Crippen LogP contribution in [0.25, 0.3) is 0 Å². The number of anilines is 1. The minimum Gasteiger partial charge on any atom is -0.335 e. The van der Waals surface area contributed by atoms with E-state index in [9.17, 15) is 4.79 Å². The summed E-state index contributed by atoms with van der Waals surface area (Å²) in [4.78, 5) is 19.8. The van der Waals surface area contributed by atoms with E-state index in [1.54, 1.807) is 11.3 Å². The van der Waals surface area contributed by atoms with Gasteiger partial charge in [-0.05, 0) is 56.5 Å². The van der Waals surface area contributed by atoms with Crippen molar-refractivity contribution in [3.63, 3.8) is 0 Å². The van der Waals surface area contributed by atoms with Crippen molar-refractivity contribution in [1.82, 2.24) is 15.2 Å². The molecule has 1 saturated heterocycles. The quantitative estimate of drug-likeness (QED) is 0.887. The van der Waals surface area contributed by atoms with Gasteiger partial charge in [0.1, 0.15) is 0 Å². The first-order valence-corrected chi connectivity index (χ1v) is 9.21. The molecule has 3 heterocycles. The highest BCUT2D eigenvalue weighted by atomic mass is 32.1. The van der Waals surface area contributed by atoms with Gasteiger partial charge in [0, 0.05) is 42.4 Å². The highest BCUT2D eigenvalue weighted by molar-refractivity contribution is 7.16. The van der Waals surface area contributed by atoms with Crippen molar-refractivity contribution in [3.8, 4) is 0 Å². The molecule has 5 nitrogen and oxygen atoms in total. The van der Waals surface area contributed by atoms with Gasteiger partial charge in [0.05, 0.1) is 5.00 Å². The number of nitrogens with one attached hydrogen (secondary N) is 2. The third-order valence-electron chi connectivity index (χ3n) is 4.58. The lowest BCUT2D eigenvalue weighted by Gasteiger charge is -2.36. The Morgan fingerprint density at radius 2 is 1.96 bits per heavy atom. The number of nitrogens with zero attached hydrogens (tertiary/aromatic N) is 2. The minimum atomic E-state index is -0.0996. The highest BCUT2D eigenvalue weighted by Gasteiger charge is 2.24. The molecule has 0 radical (unpaired) electrons. The molecular weight excluding hydrogens is 320 g/mol. The molecule has 0 spiro atoms. The van der Waals surface area contributed by atoms with Crippen LogP contribution in [0.3, 0.4) is 0 Å². The van der Waals surface area contributed by atoms with E-state index >= 15 is 0 Å². The van der Waals surface area contributed by atoms with Gasteiger partial charge in [-0.15, -0.1) is 11.3 Å². The third kappa shape index (κ3) is 4.33. The molecule has 1 aliphatic heterocycles. The second kappa shape index (κ2) is 7.77. The Morgan fingerprint density at radius 1 is 1.25 bits per heavy atom. The van der Waals surface area contributed by atoms with Gasteiger partial charge in [0.2, 0.25) is 0 Å². The number of pyridine rings is 1. The van der Waals surface area contributed by atoms with Crippen LogP contribution in [-0.2, 0) is 0 Å². The lowest BCUT2D eigenvalue weighted by Crippen LogP contribution is -2.46. The third-order valence-corrected chi connectivity index (χ3v) is 5.49. The number of carbonyl (C=O) groups excluding carboxylic acids is 1. The van der Waals surface area contributed by atoms with Crippen LogP contribution in [-0.4, -0.2) is 35.0 Å². The van der Waals surface area contributed by atoms with Gasteiger partial charge in [-0.2, -0.15) is 0 Å². The summed E-state index contributed by atoms with van der Waals surface area (Å²) in [5.41, 5.74) is 1.29. The van der Waals surface area contributed by atoms with Crippen molar-refractivity contribution in [2.24, 2.45) is 0 Å². The molecule has 2 N–H and O–H groups in total. The summed E-state index contributed by atoms with van der Waals surface area (Å²) in [5.74, 6) is 0. The fourth-order valence-corrected chi connectivity index (χ4v) is 3.88. The van der Waals surface area contributed by atoms with Gasteiger partial charge in [0.15, 0.2) is 0 Å². The number of piperidine rings is 1. The average Bonchev–Trinajstić information content (AvgIpc) is 3.00. The van der Waals surface area contributed by atoms with Crippen LogP contribution in [0.15, 0.2) is 36.7 Å². The lowest BCUT2D eigenvalue weighted by molar-refractivity contribution is 0.154. The summed E-state index contributed by atoms with van der Waals surface area (Å²) in [6.45, 7) is 6.25. The summed E-state index contributed by atoms with van der Waals surface area (Å²) in [6.07, 6.45) is 5.64. The maximum atomic E-state index is 12.1. The molecule has 1 unspecified atom stereocenters. The SMILES string of the molecule is Cc1ccc(NC(=O)NC2CCN(C(C)c3ccncc3)CC2)s1. The van der Waals surface area contributed by atoms with Gasteiger partial charge >= 0.3 is 6.03 Å². The zero-order valence-corrected chi connectivity index (χ0v) is 15.0. The van der Waals surface area contributed by atoms with Gasteiger partial charge in [0.25, 0.3) is 0 Å². The highest BCUT2D eigenvalue weighted by Crippen LogP contribution is 2.24. The van der Waals surface area contributed by atoms with Gasteiger partial charge < -0.3 is 5.32 Å². The zero-order chi connectivity index (χ0) is 16.9. The lowest BCUT2D eigenvalue weighted by atomic mass is 10.0. The molecule has 24 heavy (non-hydrogen) atoms. The van der Waals surface area contributed by atoms with Crippen LogP contribution in [0.1, 0.15) is 36.2 Å². The number of likely N-dealkylation sites (tertiary alicyclic amines) is 1. The average molecular weight is 344 g/mol. The standard InChI is InChI=1S/C18H24N4OS/c1-13-3-4-17(24-13)21-18(23)20-16-7-11-22(12-8-16)14(2)15-5-9-19-10-6-15/h3-6,9-10,14,16H,7-8,11-12H2,1-2H3,(H2,20,21,23). The Morgan fingerprint density at radius 3 is 2.58 bits per heavy atom. The van der Waals surface area contributed by atoms with E-state index in [-0.39, 0.29) is 12.1 Å². The first-order chi connectivity index (χ1) is 11.6. The molecule has 128 valence electrons. The van der Waals surface area contributed by atoms with Gasteiger partial charge in [-0.25, -0.2) is 4.79 Å². The fraction of sp³-hybridized carbons (Fsp3) is 0.444. The van der Waals surface area contributed by atoms with Crippen LogP contribution >= 0.6 is 11.3 Å². The predicted octanol–water partition coefficient (Wildman–Crippen LogP) is 3.80. The van der Waals surface area contributed by atoms with Crippen LogP contribution in [0.4, 0.5) is 9.80 Å².